The lowest BCUT2D eigenvalue weighted by Crippen LogP contribution is -2.43. The van der Waals surface area contributed by atoms with Crippen molar-refractivity contribution in [2.24, 2.45) is 5.73 Å². The van der Waals surface area contributed by atoms with E-state index in [9.17, 15) is 14.7 Å². The molecule has 0 aromatic rings. The van der Waals surface area contributed by atoms with Crippen LogP contribution in [0.15, 0.2) is 0 Å². The zero-order valence-electron chi connectivity index (χ0n) is 8.99. The van der Waals surface area contributed by atoms with Crippen molar-refractivity contribution in [3.63, 3.8) is 0 Å². The van der Waals surface area contributed by atoms with Gasteiger partial charge in [0, 0.05) is 19.0 Å². The third-order valence-electron chi connectivity index (χ3n) is 1.71. The van der Waals surface area contributed by atoms with Crippen molar-refractivity contribution >= 4 is 11.9 Å². The Balaban J connectivity index is 3.92. The van der Waals surface area contributed by atoms with Gasteiger partial charge in [-0.05, 0) is 13.8 Å². The van der Waals surface area contributed by atoms with Crippen LogP contribution in [-0.4, -0.2) is 40.3 Å². The lowest BCUT2D eigenvalue weighted by Gasteiger charge is -2.21. The third-order valence-corrected chi connectivity index (χ3v) is 1.71. The van der Waals surface area contributed by atoms with Gasteiger partial charge < -0.3 is 21.3 Å². The van der Waals surface area contributed by atoms with Gasteiger partial charge in [0.25, 0.3) is 0 Å². The molecule has 88 valence electrons. The normalized spacial score (nSPS) is 16.5. The molecule has 0 rings (SSSR count). The summed E-state index contributed by atoms with van der Waals surface area (Å²) < 4.78 is 0. The number of carboxylic acids is 1. The zero-order valence-corrected chi connectivity index (χ0v) is 8.99. The smallest absolute Gasteiger partial charge is 0.306 e. The molecule has 0 aliphatic carbocycles. The predicted octanol–water partition coefficient (Wildman–Crippen LogP) is -0.934. The van der Waals surface area contributed by atoms with Gasteiger partial charge in [-0.15, -0.1) is 0 Å². The molecule has 0 radical (unpaired) electrons. The highest BCUT2D eigenvalue weighted by Gasteiger charge is 2.24. The number of rotatable bonds is 6. The summed E-state index contributed by atoms with van der Waals surface area (Å²) in [6.07, 6.45) is -0.255. The Morgan fingerprint density at radius 3 is 2.47 bits per heavy atom. The molecule has 0 saturated heterocycles. The molecule has 0 fully saturated rings. The summed E-state index contributed by atoms with van der Waals surface area (Å²) >= 11 is 0. The predicted molar refractivity (Wildman–Crippen MR) is 54.2 cm³/mol. The van der Waals surface area contributed by atoms with Crippen LogP contribution in [0.2, 0.25) is 0 Å². The second-order valence-corrected chi connectivity index (χ2v) is 4.03. The minimum absolute atomic E-state index is 0.0924. The van der Waals surface area contributed by atoms with Gasteiger partial charge in [0.1, 0.15) is 0 Å². The molecule has 0 heterocycles. The molecule has 0 aromatic carbocycles. The fourth-order valence-corrected chi connectivity index (χ4v) is 1.04. The van der Waals surface area contributed by atoms with Gasteiger partial charge >= 0.3 is 5.97 Å². The van der Waals surface area contributed by atoms with Crippen LogP contribution in [0.25, 0.3) is 0 Å². The first kappa shape index (κ1) is 13.9. The monoisotopic (exact) mass is 218 g/mol. The Kier molecular flexibility index (Phi) is 5.24. The minimum atomic E-state index is -1.43. The van der Waals surface area contributed by atoms with Crippen LogP contribution in [0.4, 0.5) is 0 Å². The molecule has 2 atom stereocenters. The molecular formula is C9H18N2O4. The second-order valence-electron chi connectivity index (χ2n) is 4.03. The molecule has 6 heteroatoms. The Hall–Kier alpha value is -1.14. The van der Waals surface area contributed by atoms with E-state index in [1.165, 1.54) is 6.92 Å². The van der Waals surface area contributed by atoms with Gasteiger partial charge in [-0.1, -0.05) is 0 Å². The van der Waals surface area contributed by atoms with Gasteiger partial charge in [0.2, 0.25) is 5.91 Å². The maximum atomic E-state index is 11.1. The summed E-state index contributed by atoms with van der Waals surface area (Å²) in [5, 5.41) is 20.4. The SMILES string of the molecule is CC(N)CC(=O)NCC(C)(O)CC(=O)O. The fraction of sp³-hybridized carbons (Fsp3) is 0.778. The van der Waals surface area contributed by atoms with Crippen molar-refractivity contribution in [2.75, 3.05) is 6.54 Å². The molecule has 5 N–H and O–H groups in total. The Labute approximate surface area is 88.5 Å². The van der Waals surface area contributed by atoms with Crippen molar-refractivity contribution < 1.29 is 19.8 Å². The van der Waals surface area contributed by atoms with Crippen molar-refractivity contribution in [3.8, 4) is 0 Å². The van der Waals surface area contributed by atoms with E-state index in [0.29, 0.717) is 0 Å². The number of nitrogens with two attached hydrogens (primary N) is 1. The second kappa shape index (κ2) is 5.67. The molecule has 0 aromatic heterocycles. The first-order valence-corrected chi connectivity index (χ1v) is 4.69. The number of amides is 1. The third kappa shape index (κ3) is 7.90. The van der Waals surface area contributed by atoms with Gasteiger partial charge in [-0.2, -0.15) is 0 Å². The average molecular weight is 218 g/mol. The van der Waals surface area contributed by atoms with E-state index in [-0.39, 0.29) is 24.9 Å². The van der Waals surface area contributed by atoms with Crippen molar-refractivity contribution in [1.82, 2.24) is 5.32 Å². The first-order valence-electron chi connectivity index (χ1n) is 4.69. The highest BCUT2D eigenvalue weighted by molar-refractivity contribution is 5.76. The maximum absolute atomic E-state index is 11.1. The number of carbonyl (C=O) groups is 2. The lowest BCUT2D eigenvalue weighted by molar-refractivity contribution is -0.142. The number of aliphatic carboxylic acids is 1. The molecular weight excluding hydrogens is 200 g/mol. The molecule has 1 amide bonds. The van der Waals surface area contributed by atoms with E-state index in [1.54, 1.807) is 6.92 Å². The van der Waals surface area contributed by atoms with Crippen LogP contribution in [0.5, 0.6) is 0 Å². The Bertz CT molecular complexity index is 238. The molecule has 0 spiro atoms. The van der Waals surface area contributed by atoms with Crippen molar-refractivity contribution in [1.29, 1.82) is 0 Å². The van der Waals surface area contributed by atoms with Crippen LogP contribution in [0.1, 0.15) is 26.7 Å². The lowest BCUT2D eigenvalue weighted by atomic mass is 10.0. The van der Waals surface area contributed by atoms with E-state index in [1.807, 2.05) is 0 Å². The highest BCUT2D eigenvalue weighted by atomic mass is 16.4. The standard InChI is InChI=1S/C9H18N2O4/c1-6(10)3-7(12)11-5-9(2,15)4-8(13)14/h6,15H,3-5,10H2,1-2H3,(H,11,12)(H,13,14). The summed E-state index contributed by atoms with van der Waals surface area (Å²) in [5.74, 6) is -1.41. The number of aliphatic hydroxyl groups is 1. The minimum Gasteiger partial charge on any atom is -0.481 e. The van der Waals surface area contributed by atoms with E-state index in [0.717, 1.165) is 0 Å². The molecule has 0 aliphatic heterocycles. The molecule has 0 bridgehead atoms. The summed E-state index contributed by atoms with van der Waals surface area (Å²) in [6, 6.07) is -0.255. The van der Waals surface area contributed by atoms with Crippen LogP contribution < -0.4 is 11.1 Å². The summed E-state index contributed by atoms with van der Waals surface area (Å²) in [4.78, 5) is 21.5. The van der Waals surface area contributed by atoms with Crippen LogP contribution >= 0.6 is 0 Å². The topological polar surface area (TPSA) is 113 Å². The zero-order chi connectivity index (χ0) is 12.1. The van der Waals surface area contributed by atoms with Crippen molar-refractivity contribution in [3.05, 3.63) is 0 Å². The van der Waals surface area contributed by atoms with Gasteiger partial charge in [-0.3, -0.25) is 9.59 Å². The average Bonchev–Trinajstić information content (AvgIpc) is 1.97. The molecule has 6 nitrogen and oxygen atoms in total. The van der Waals surface area contributed by atoms with Crippen molar-refractivity contribution in [2.45, 2.75) is 38.3 Å². The number of carboxylic acid groups (broad SMARTS) is 1. The van der Waals surface area contributed by atoms with Gasteiger partial charge in [-0.25, -0.2) is 0 Å². The number of nitrogens with one attached hydrogen (secondary N) is 1. The Morgan fingerprint density at radius 2 is 2.07 bits per heavy atom. The van der Waals surface area contributed by atoms with Crippen LogP contribution in [0, 0.1) is 0 Å². The van der Waals surface area contributed by atoms with E-state index in [2.05, 4.69) is 5.32 Å². The maximum Gasteiger partial charge on any atom is 0.306 e. The summed E-state index contributed by atoms with van der Waals surface area (Å²) in [5.41, 5.74) is 3.96. The van der Waals surface area contributed by atoms with E-state index in [4.69, 9.17) is 10.8 Å². The first-order chi connectivity index (χ1) is 6.73. The number of hydrogen-bond acceptors (Lipinski definition) is 4. The van der Waals surface area contributed by atoms with E-state index >= 15 is 0 Å². The van der Waals surface area contributed by atoms with Crippen LogP contribution in [0.3, 0.4) is 0 Å². The summed E-state index contributed by atoms with van der Waals surface area (Å²) in [7, 11) is 0. The van der Waals surface area contributed by atoms with Crippen LogP contribution in [-0.2, 0) is 9.59 Å². The summed E-state index contributed by atoms with van der Waals surface area (Å²) in [6.45, 7) is 2.95. The largest absolute Gasteiger partial charge is 0.481 e. The Morgan fingerprint density at radius 1 is 1.53 bits per heavy atom. The number of hydrogen-bond donors (Lipinski definition) is 4. The molecule has 15 heavy (non-hydrogen) atoms. The quantitative estimate of drug-likeness (QED) is 0.460. The van der Waals surface area contributed by atoms with Gasteiger partial charge in [0.05, 0.1) is 12.0 Å². The molecule has 0 saturated carbocycles. The fourth-order valence-electron chi connectivity index (χ4n) is 1.04. The molecule has 2 unspecified atom stereocenters. The molecule has 0 aliphatic rings. The van der Waals surface area contributed by atoms with Gasteiger partial charge in [0.15, 0.2) is 0 Å². The highest BCUT2D eigenvalue weighted by Crippen LogP contribution is 2.07. The van der Waals surface area contributed by atoms with E-state index < -0.39 is 18.0 Å². The number of carbonyl (C=O) groups excluding carboxylic acids is 1.